The Labute approximate surface area is 205 Å². The van der Waals surface area contributed by atoms with Crippen molar-refractivity contribution < 1.29 is 14.3 Å². The summed E-state index contributed by atoms with van der Waals surface area (Å²) in [6, 6.07) is 7.17. The zero-order chi connectivity index (χ0) is 23.5. The predicted octanol–water partition coefficient (Wildman–Crippen LogP) is 4.34. The molecular weight excluding hydrogens is 452 g/mol. The molecule has 1 saturated heterocycles. The van der Waals surface area contributed by atoms with Gasteiger partial charge in [-0.15, -0.1) is 0 Å². The fourth-order valence-electron chi connectivity index (χ4n) is 5.61. The van der Waals surface area contributed by atoms with Crippen LogP contribution in [0.15, 0.2) is 30.5 Å². The number of carbonyl (C=O) groups is 2. The van der Waals surface area contributed by atoms with Gasteiger partial charge in [0, 0.05) is 48.8 Å². The summed E-state index contributed by atoms with van der Waals surface area (Å²) in [5, 5.41) is 8.74. The Bertz CT molecular complexity index is 1040. The van der Waals surface area contributed by atoms with Gasteiger partial charge in [0.1, 0.15) is 18.1 Å². The van der Waals surface area contributed by atoms with Crippen LogP contribution in [0.2, 0.25) is 5.02 Å². The van der Waals surface area contributed by atoms with Crippen LogP contribution in [0, 0.1) is 5.92 Å². The van der Waals surface area contributed by atoms with Crippen LogP contribution in [0.3, 0.4) is 0 Å². The summed E-state index contributed by atoms with van der Waals surface area (Å²) in [7, 11) is 0. The van der Waals surface area contributed by atoms with Crippen LogP contribution in [-0.4, -0.2) is 51.4 Å². The van der Waals surface area contributed by atoms with Crippen molar-refractivity contribution in [1.29, 1.82) is 0 Å². The number of ether oxygens (including phenoxy) is 1. The van der Waals surface area contributed by atoms with Gasteiger partial charge in [-0.1, -0.05) is 30.9 Å². The maximum atomic E-state index is 13.7. The van der Waals surface area contributed by atoms with Crippen LogP contribution >= 0.6 is 11.6 Å². The molecule has 1 saturated carbocycles. The van der Waals surface area contributed by atoms with Crippen LogP contribution in [-0.2, 0) is 22.6 Å². The molecule has 5 rings (SSSR count). The molecule has 0 radical (unpaired) electrons. The zero-order valence-electron chi connectivity index (χ0n) is 19.4. The average molecular weight is 483 g/mol. The lowest BCUT2D eigenvalue weighted by Crippen LogP contribution is -2.48. The third-order valence-electron chi connectivity index (χ3n) is 7.38. The van der Waals surface area contributed by atoms with Gasteiger partial charge in [-0.3, -0.25) is 9.59 Å². The third kappa shape index (κ3) is 4.76. The molecule has 2 aliphatic heterocycles. The fourth-order valence-corrected chi connectivity index (χ4v) is 5.87. The van der Waals surface area contributed by atoms with E-state index in [0.717, 1.165) is 55.5 Å². The number of amides is 2. The maximum Gasteiger partial charge on any atom is 0.226 e. The number of aromatic nitrogens is 2. The van der Waals surface area contributed by atoms with E-state index in [0.29, 0.717) is 36.7 Å². The molecule has 1 aromatic heterocycles. The molecule has 3 aliphatic rings. The monoisotopic (exact) mass is 482 g/mol. The summed E-state index contributed by atoms with van der Waals surface area (Å²) in [6.07, 6.45) is 9.05. The first kappa shape index (κ1) is 23.1. The first-order valence-corrected chi connectivity index (χ1v) is 12.8. The number of carbonyl (C=O) groups excluding carboxylic acids is 2. The van der Waals surface area contributed by atoms with Crippen molar-refractivity contribution in [2.75, 3.05) is 19.6 Å². The second-order valence-corrected chi connectivity index (χ2v) is 9.92. The molecule has 0 spiro atoms. The van der Waals surface area contributed by atoms with E-state index in [2.05, 4.69) is 10.2 Å². The Morgan fingerprint density at radius 1 is 1.09 bits per heavy atom. The summed E-state index contributed by atoms with van der Waals surface area (Å²) < 4.78 is 6.24. The first-order valence-electron chi connectivity index (χ1n) is 12.4. The molecular formula is C26H31ClN4O3. The van der Waals surface area contributed by atoms with Crippen molar-refractivity contribution in [3.05, 3.63) is 52.3 Å². The van der Waals surface area contributed by atoms with Gasteiger partial charge >= 0.3 is 0 Å². The Morgan fingerprint density at radius 3 is 2.68 bits per heavy atom. The molecule has 2 aromatic rings. The SMILES string of the molecule is O=C1CCCN1C[C@@H]1c2c(OCc3cccnn3)ccc(Cl)c2CCN1C(=O)C1CCCCC1. The minimum Gasteiger partial charge on any atom is -0.487 e. The first-order chi connectivity index (χ1) is 16.6. The lowest BCUT2D eigenvalue weighted by Gasteiger charge is -2.42. The molecule has 34 heavy (non-hydrogen) atoms. The lowest BCUT2D eigenvalue weighted by molar-refractivity contribution is -0.141. The smallest absolute Gasteiger partial charge is 0.226 e. The van der Waals surface area contributed by atoms with E-state index in [1.165, 1.54) is 6.42 Å². The van der Waals surface area contributed by atoms with Crippen LogP contribution in [0.4, 0.5) is 0 Å². The molecule has 0 unspecified atom stereocenters. The van der Waals surface area contributed by atoms with Gasteiger partial charge in [-0.2, -0.15) is 10.2 Å². The van der Waals surface area contributed by atoms with Crippen LogP contribution < -0.4 is 4.74 Å². The van der Waals surface area contributed by atoms with Crippen LogP contribution in [0.25, 0.3) is 0 Å². The molecule has 2 amide bonds. The van der Waals surface area contributed by atoms with E-state index in [1.54, 1.807) is 6.20 Å². The largest absolute Gasteiger partial charge is 0.487 e. The number of hydrogen-bond acceptors (Lipinski definition) is 5. The quantitative estimate of drug-likeness (QED) is 0.612. The number of nitrogens with zero attached hydrogens (tertiary/aromatic N) is 4. The van der Waals surface area contributed by atoms with Gasteiger partial charge in [-0.25, -0.2) is 0 Å². The maximum absolute atomic E-state index is 13.7. The van der Waals surface area contributed by atoms with E-state index < -0.39 is 0 Å². The van der Waals surface area contributed by atoms with Gasteiger partial charge in [0.05, 0.1) is 6.04 Å². The highest BCUT2D eigenvalue weighted by molar-refractivity contribution is 6.31. The Kier molecular flexibility index (Phi) is 6.99. The van der Waals surface area contributed by atoms with Crippen molar-refractivity contribution in [3.63, 3.8) is 0 Å². The predicted molar refractivity (Wildman–Crippen MR) is 128 cm³/mol. The molecule has 0 bridgehead atoms. The van der Waals surface area contributed by atoms with Gasteiger partial charge in [0.25, 0.3) is 0 Å². The molecule has 0 N–H and O–H groups in total. The number of fused-ring (bicyclic) bond motifs is 1. The Hall–Kier alpha value is -2.67. The van der Waals surface area contributed by atoms with Crippen LogP contribution in [0.5, 0.6) is 5.75 Å². The number of benzene rings is 1. The van der Waals surface area contributed by atoms with Crippen molar-refractivity contribution in [1.82, 2.24) is 20.0 Å². The van der Waals surface area contributed by atoms with Gasteiger partial charge < -0.3 is 14.5 Å². The summed E-state index contributed by atoms with van der Waals surface area (Å²) in [6.45, 7) is 2.09. The molecule has 1 aromatic carbocycles. The number of rotatable bonds is 6. The Morgan fingerprint density at radius 2 is 1.94 bits per heavy atom. The molecule has 8 heteroatoms. The number of halogens is 1. The zero-order valence-corrected chi connectivity index (χ0v) is 20.2. The molecule has 3 heterocycles. The van der Waals surface area contributed by atoms with E-state index in [9.17, 15) is 9.59 Å². The molecule has 1 atom stereocenters. The molecule has 2 fully saturated rings. The second kappa shape index (κ2) is 10.3. The van der Waals surface area contributed by atoms with E-state index >= 15 is 0 Å². The fraction of sp³-hybridized carbons (Fsp3) is 0.538. The topological polar surface area (TPSA) is 75.6 Å². The van der Waals surface area contributed by atoms with Crippen LogP contribution in [0.1, 0.15) is 67.8 Å². The lowest BCUT2D eigenvalue weighted by atomic mass is 9.85. The average Bonchev–Trinajstić information content (AvgIpc) is 3.28. The minimum absolute atomic E-state index is 0.0650. The van der Waals surface area contributed by atoms with E-state index in [4.69, 9.17) is 16.3 Å². The van der Waals surface area contributed by atoms with Crippen molar-refractivity contribution in [3.8, 4) is 5.75 Å². The van der Waals surface area contributed by atoms with Crippen molar-refractivity contribution >= 4 is 23.4 Å². The van der Waals surface area contributed by atoms with Gasteiger partial charge in [-0.05, 0) is 55.5 Å². The summed E-state index contributed by atoms with van der Waals surface area (Å²) in [5.41, 5.74) is 2.68. The normalized spacial score (nSPS) is 21.0. The van der Waals surface area contributed by atoms with Gasteiger partial charge in [0.2, 0.25) is 11.8 Å². The molecule has 1 aliphatic carbocycles. The van der Waals surface area contributed by atoms with Crippen molar-refractivity contribution in [2.45, 2.75) is 64.0 Å². The highest BCUT2D eigenvalue weighted by Gasteiger charge is 2.39. The van der Waals surface area contributed by atoms with Crippen molar-refractivity contribution in [2.24, 2.45) is 5.92 Å². The molecule has 7 nitrogen and oxygen atoms in total. The summed E-state index contributed by atoms with van der Waals surface area (Å²) >= 11 is 6.66. The van der Waals surface area contributed by atoms with E-state index in [-0.39, 0.29) is 30.4 Å². The minimum atomic E-state index is -0.268. The molecule has 180 valence electrons. The summed E-state index contributed by atoms with van der Waals surface area (Å²) in [5.74, 6) is 1.13. The standard InChI is InChI=1S/C26H31ClN4O3/c27-21-10-11-23(34-17-19-8-4-13-28-29-19)25-20(21)12-15-31(26(33)18-6-2-1-3-7-18)22(25)16-30-14-5-9-24(30)32/h4,8,10-11,13,18,22H,1-3,5-7,9,12,14-17H2/t22-/m1/s1. The second-order valence-electron chi connectivity index (χ2n) is 9.52. The highest BCUT2D eigenvalue weighted by atomic mass is 35.5. The highest BCUT2D eigenvalue weighted by Crippen LogP contribution is 2.42. The Balaban J connectivity index is 1.49. The number of likely N-dealkylation sites (tertiary alicyclic amines) is 1. The van der Waals surface area contributed by atoms with Gasteiger partial charge in [0.15, 0.2) is 0 Å². The number of hydrogen-bond donors (Lipinski definition) is 0. The summed E-state index contributed by atoms with van der Waals surface area (Å²) in [4.78, 5) is 30.2. The third-order valence-corrected chi connectivity index (χ3v) is 7.73. The van der Waals surface area contributed by atoms with E-state index in [1.807, 2.05) is 34.1 Å².